The first-order valence-corrected chi connectivity index (χ1v) is 12.3. The van der Waals surface area contributed by atoms with Crippen molar-refractivity contribution in [3.8, 4) is 11.8 Å². The van der Waals surface area contributed by atoms with Gasteiger partial charge in [0.25, 0.3) is 0 Å². The van der Waals surface area contributed by atoms with Crippen molar-refractivity contribution in [2.75, 3.05) is 6.54 Å². The van der Waals surface area contributed by atoms with Gasteiger partial charge in [0.1, 0.15) is 12.2 Å². The van der Waals surface area contributed by atoms with Gasteiger partial charge in [0.05, 0.1) is 24.3 Å². The highest BCUT2D eigenvalue weighted by molar-refractivity contribution is 5.78. The van der Waals surface area contributed by atoms with Crippen LogP contribution >= 0.6 is 0 Å². The van der Waals surface area contributed by atoms with E-state index < -0.39 is 0 Å². The second-order valence-corrected chi connectivity index (χ2v) is 8.98. The first-order chi connectivity index (χ1) is 17.7. The van der Waals surface area contributed by atoms with Gasteiger partial charge in [-0.2, -0.15) is 0 Å². The highest BCUT2D eigenvalue weighted by Gasteiger charge is 2.13. The number of para-hydroxylation sites is 1. The summed E-state index contributed by atoms with van der Waals surface area (Å²) in [6.45, 7) is 4.97. The second kappa shape index (κ2) is 11.4. The van der Waals surface area contributed by atoms with Gasteiger partial charge in [-0.15, -0.1) is 10.2 Å². The fourth-order valence-electron chi connectivity index (χ4n) is 4.16. The quantitative estimate of drug-likeness (QED) is 0.283. The Morgan fingerprint density at radius 1 is 0.833 bits per heavy atom. The van der Waals surface area contributed by atoms with Crippen molar-refractivity contribution in [1.29, 1.82) is 0 Å². The summed E-state index contributed by atoms with van der Waals surface area (Å²) in [7, 11) is 0. The number of aromatic nitrogens is 4. The van der Waals surface area contributed by atoms with Crippen molar-refractivity contribution in [1.82, 2.24) is 24.6 Å². The van der Waals surface area contributed by atoms with Crippen molar-refractivity contribution in [2.45, 2.75) is 33.0 Å². The van der Waals surface area contributed by atoms with Gasteiger partial charge in [0.2, 0.25) is 0 Å². The summed E-state index contributed by atoms with van der Waals surface area (Å²) < 4.78 is 2.03. The van der Waals surface area contributed by atoms with Crippen molar-refractivity contribution in [2.24, 2.45) is 0 Å². The second-order valence-electron chi connectivity index (χ2n) is 8.98. The molecule has 3 aromatic carbocycles. The molecule has 0 radical (unpaired) electrons. The molecule has 0 fully saturated rings. The third-order valence-corrected chi connectivity index (χ3v) is 6.20. The highest BCUT2D eigenvalue weighted by Crippen LogP contribution is 2.15. The van der Waals surface area contributed by atoms with Crippen LogP contribution in [0.2, 0.25) is 0 Å². The van der Waals surface area contributed by atoms with Gasteiger partial charge in [-0.1, -0.05) is 84.1 Å². The molecule has 5 rings (SSSR count). The van der Waals surface area contributed by atoms with E-state index in [2.05, 4.69) is 82.4 Å². The summed E-state index contributed by atoms with van der Waals surface area (Å²) in [5, 5.41) is 9.76. The Balaban J connectivity index is 1.33. The van der Waals surface area contributed by atoms with Crippen LogP contribution in [0.5, 0.6) is 0 Å². The molecule has 0 spiro atoms. The summed E-state index contributed by atoms with van der Waals surface area (Å²) in [4.78, 5) is 7.30. The molecular formula is C31H29N5. The fourth-order valence-corrected chi connectivity index (χ4v) is 4.16. The number of hydrogen-bond donors (Lipinski definition) is 0. The molecule has 0 atom stereocenters. The average Bonchev–Trinajstić information content (AvgIpc) is 3.35. The van der Waals surface area contributed by atoms with Gasteiger partial charge in [-0.3, -0.25) is 9.88 Å². The molecule has 0 aliphatic rings. The molecule has 0 amide bonds. The van der Waals surface area contributed by atoms with Gasteiger partial charge >= 0.3 is 0 Å². The van der Waals surface area contributed by atoms with Crippen LogP contribution in [0, 0.1) is 18.8 Å². The van der Waals surface area contributed by atoms with E-state index in [0.29, 0.717) is 13.1 Å². The predicted octanol–water partition coefficient (Wildman–Crippen LogP) is 5.43. The van der Waals surface area contributed by atoms with E-state index >= 15 is 0 Å². The van der Waals surface area contributed by atoms with Crippen LogP contribution in [0.25, 0.3) is 10.9 Å². The largest absolute Gasteiger partial charge is 0.305 e. The Kier molecular flexibility index (Phi) is 7.46. The standard InChI is InChI=1S/C31H29N5/c1-25-13-15-27(16-14-25)19-21-35(22-29-18-17-28-11-5-6-12-30(28)33-29)23-31-34-32-24-36(31)20-7-10-26-8-3-2-4-9-26/h2-6,8-9,11-18,24H,19-23H2,1H3. The zero-order valence-electron chi connectivity index (χ0n) is 20.5. The van der Waals surface area contributed by atoms with E-state index in [9.17, 15) is 0 Å². The topological polar surface area (TPSA) is 46.8 Å². The normalized spacial score (nSPS) is 10.9. The average molecular weight is 472 g/mol. The molecule has 0 N–H and O–H groups in total. The highest BCUT2D eigenvalue weighted by atomic mass is 15.3. The third kappa shape index (κ3) is 6.24. The lowest BCUT2D eigenvalue weighted by Crippen LogP contribution is -2.27. The zero-order chi connectivity index (χ0) is 24.6. The number of fused-ring (bicyclic) bond motifs is 1. The molecule has 0 aliphatic carbocycles. The van der Waals surface area contributed by atoms with Gasteiger partial charge in [0.15, 0.2) is 0 Å². The molecule has 5 aromatic rings. The Morgan fingerprint density at radius 3 is 2.50 bits per heavy atom. The van der Waals surface area contributed by atoms with E-state index in [0.717, 1.165) is 47.5 Å². The molecular weight excluding hydrogens is 442 g/mol. The number of hydrogen-bond acceptors (Lipinski definition) is 4. The molecule has 2 heterocycles. The molecule has 0 bridgehead atoms. The molecule has 5 heteroatoms. The summed E-state index contributed by atoms with van der Waals surface area (Å²) >= 11 is 0. The van der Waals surface area contributed by atoms with Crippen LogP contribution < -0.4 is 0 Å². The van der Waals surface area contributed by atoms with Gasteiger partial charge in [0, 0.05) is 24.0 Å². The number of rotatable bonds is 8. The summed E-state index contributed by atoms with van der Waals surface area (Å²) in [6, 6.07) is 31.3. The van der Waals surface area contributed by atoms with Crippen molar-refractivity contribution in [3.05, 3.63) is 126 Å². The maximum atomic E-state index is 4.91. The number of pyridine rings is 1. The molecule has 178 valence electrons. The maximum Gasteiger partial charge on any atom is 0.147 e. The summed E-state index contributed by atoms with van der Waals surface area (Å²) in [5.74, 6) is 7.38. The number of aryl methyl sites for hydroxylation is 1. The summed E-state index contributed by atoms with van der Waals surface area (Å²) in [5.41, 5.74) is 5.68. The third-order valence-electron chi connectivity index (χ3n) is 6.20. The van der Waals surface area contributed by atoms with Crippen molar-refractivity contribution < 1.29 is 0 Å². The van der Waals surface area contributed by atoms with E-state index in [1.54, 1.807) is 6.33 Å². The minimum Gasteiger partial charge on any atom is -0.305 e. The Hall–Kier alpha value is -4.27. The van der Waals surface area contributed by atoms with Gasteiger partial charge in [-0.25, -0.2) is 0 Å². The molecule has 0 aliphatic heterocycles. The molecule has 0 saturated heterocycles. The fraction of sp³-hybridized carbons (Fsp3) is 0.194. The lowest BCUT2D eigenvalue weighted by Gasteiger charge is -2.22. The lowest BCUT2D eigenvalue weighted by atomic mass is 10.1. The van der Waals surface area contributed by atoms with Crippen LogP contribution in [0.15, 0.2) is 97.3 Å². The minimum atomic E-state index is 0.553. The summed E-state index contributed by atoms with van der Waals surface area (Å²) in [6.07, 6.45) is 2.72. The molecule has 36 heavy (non-hydrogen) atoms. The first-order valence-electron chi connectivity index (χ1n) is 12.3. The van der Waals surface area contributed by atoms with Gasteiger partial charge in [-0.05, 0) is 43.2 Å². The first kappa shape index (κ1) is 23.5. The Labute approximate surface area is 212 Å². The lowest BCUT2D eigenvalue weighted by molar-refractivity contribution is 0.247. The number of benzene rings is 3. The van der Waals surface area contributed by atoms with E-state index in [4.69, 9.17) is 4.98 Å². The predicted molar refractivity (Wildman–Crippen MR) is 144 cm³/mol. The molecule has 0 saturated carbocycles. The zero-order valence-corrected chi connectivity index (χ0v) is 20.5. The smallest absolute Gasteiger partial charge is 0.147 e. The van der Waals surface area contributed by atoms with Crippen LogP contribution in [0.3, 0.4) is 0 Å². The molecule has 2 aromatic heterocycles. The Bertz CT molecular complexity index is 1480. The van der Waals surface area contributed by atoms with Crippen molar-refractivity contribution in [3.63, 3.8) is 0 Å². The van der Waals surface area contributed by atoms with Crippen LogP contribution in [-0.4, -0.2) is 31.2 Å². The van der Waals surface area contributed by atoms with E-state index in [1.165, 1.54) is 11.1 Å². The van der Waals surface area contributed by atoms with Crippen molar-refractivity contribution >= 4 is 10.9 Å². The monoisotopic (exact) mass is 471 g/mol. The van der Waals surface area contributed by atoms with Crippen LogP contribution in [0.1, 0.15) is 28.2 Å². The van der Waals surface area contributed by atoms with E-state index in [1.807, 2.05) is 47.0 Å². The minimum absolute atomic E-state index is 0.553. The molecule has 5 nitrogen and oxygen atoms in total. The number of nitrogens with zero attached hydrogens (tertiary/aromatic N) is 5. The maximum absolute atomic E-state index is 4.91. The SMILES string of the molecule is Cc1ccc(CCN(Cc2ccc3ccccc3n2)Cc2nncn2CC#Cc2ccccc2)cc1. The van der Waals surface area contributed by atoms with E-state index in [-0.39, 0.29) is 0 Å². The molecule has 0 unspecified atom stereocenters. The Morgan fingerprint density at radius 2 is 1.64 bits per heavy atom. The van der Waals surface area contributed by atoms with Crippen LogP contribution in [0.4, 0.5) is 0 Å². The van der Waals surface area contributed by atoms with Crippen LogP contribution in [-0.2, 0) is 26.1 Å². The van der Waals surface area contributed by atoms with Gasteiger partial charge < -0.3 is 4.57 Å².